The maximum atomic E-state index is 5.64. The second-order valence-corrected chi connectivity index (χ2v) is 7.97. The predicted molar refractivity (Wildman–Crippen MR) is 117 cm³/mol. The average Bonchev–Trinajstić information content (AvgIpc) is 3.07. The zero-order chi connectivity index (χ0) is 19.0. The van der Waals surface area contributed by atoms with Gasteiger partial charge in [0, 0.05) is 24.7 Å². The van der Waals surface area contributed by atoms with Gasteiger partial charge in [-0.3, -0.25) is 0 Å². The molecule has 2 heterocycles. The van der Waals surface area contributed by atoms with E-state index in [0.29, 0.717) is 5.92 Å². The van der Waals surface area contributed by atoms with Gasteiger partial charge in [0.05, 0.1) is 11.0 Å². The minimum Gasteiger partial charge on any atom is -0.349 e. The van der Waals surface area contributed by atoms with Gasteiger partial charge in [-0.15, -0.1) is 0 Å². The molecule has 0 bridgehead atoms. The Morgan fingerprint density at radius 3 is 2.52 bits per heavy atom. The molecule has 2 N–H and O–H groups in total. The molecule has 2 aromatic carbocycles. The molecule has 0 amide bonds. The fraction of sp³-hybridized carbons (Fsp3) is 0.364. The number of nitrogens with one attached hydrogen (secondary N) is 2. The van der Waals surface area contributed by atoms with Gasteiger partial charge >= 0.3 is 0 Å². The number of H-pyrrole nitrogens is 1. The van der Waals surface area contributed by atoms with Crippen LogP contribution in [-0.4, -0.2) is 33.1 Å². The number of piperidine rings is 1. The highest BCUT2D eigenvalue weighted by atomic mass is 32.1. The highest BCUT2D eigenvalue weighted by Gasteiger charge is 2.24. The molecule has 1 fully saturated rings. The fourth-order valence-corrected chi connectivity index (χ4v) is 4.04. The van der Waals surface area contributed by atoms with Gasteiger partial charge < -0.3 is 15.2 Å². The molecule has 5 heteroatoms. The number of likely N-dealkylation sites (tertiary alicyclic amines) is 1. The Labute approximate surface area is 166 Å². The number of hydrogen-bond acceptors (Lipinski definition) is 2. The summed E-state index contributed by atoms with van der Waals surface area (Å²) in [4.78, 5) is 10.7. The first-order chi connectivity index (χ1) is 13.0. The first-order valence-electron chi connectivity index (χ1n) is 9.59. The first-order valence-corrected chi connectivity index (χ1v) is 10.0. The number of hydrogen-bond donors (Lipinski definition) is 2. The van der Waals surface area contributed by atoms with Crippen LogP contribution < -0.4 is 5.32 Å². The second-order valence-electron chi connectivity index (χ2n) is 7.58. The van der Waals surface area contributed by atoms with E-state index in [0.717, 1.165) is 53.6 Å². The molecule has 4 rings (SSSR count). The zero-order valence-electron chi connectivity index (χ0n) is 16.2. The van der Waals surface area contributed by atoms with Crippen molar-refractivity contribution in [1.82, 2.24) is 14.9 Å². The van der Waals surface area contributed by atoms with Crippen molar-refractivity contribution in [1.29, 1.82) is 0 Å². The molecule has 1 aliphatic heterocycles. The number of imidazole rings is 1. The smallest absolute Gasteiger partial charge is 0.173 e. The number of fused-ring (bicyclic) bond motifs is 1. The predicted octanol–water partition coefficient (Wildman–Crippen LogP) is 5.06. The van der Waals surface area contributed by atoms with Crippen molar-refractivity contribution in [2.24, 2.45) is 0 Å². The zero-order valence-corrected chi connectivity index (χ0v) is 17.0. The van der Waals surface area contributed by atoms with E-state index >= 15 is 0 Å². The third kappa shape index (κ3) is 3.69. The van der Waals surface area contributed by atoms with Crippen LogP contribution in [0.5, 0.6) is 0 Å². The molecule has 140 valence electrons. The van der Waals surface area contributed by atoms with Gasteiger partial charge in [-0.05, 0) is 80.7 Å². The lowest BCUT2D eigenvalue weighted by Crippen LogP contribution is -2.40. The molecule has 0 aliphatic carbocycles. The third-order valence-corrected chi connectivity index (χ3v) is 6.03. The standard InChI is InChI=1S/C22H26N4S/c1-14-6-4-5-7-18(14)25-22(27)26-10-8-17(9-11-26)21-23-19-12-15(2)16(3)13-20(19)24-21/h4-7,12-13,17H,8-11H2,1-3H3,(H,23,24)(H,25,27). The van der Waals surface area contributed by atoms with E-state index in [-0.39, 0.29) is 0 Å². The SMILES string of the molecule is Cc1cc2nc(C3CCN(C(=S)Nc4ccccc4C)CC3)[nH]c2cc1C. The van der Waals surface area contributed by atoms with Crippen LogP contribution >= 0.6 is 12.2 Å². The van der Waals surface area contributed by atoms with Crippen LogP contribution in [0.4, 0.5) is 5.69 Å². The van der Waals surface area contributed by atoms with E-state index in [1.54, 1.807) is 0 Å². The molecule has 0 unspecified atom stereocenters. The van der Waals surface area contributed by atoms with Crippen LogP contribution in [0.3, 0.4) is 0 Å². The Morgan fingerprint density at radius 2 is 1.78 bits per heavy atom. The molecule has 1 aliphatic rings. The molecule has 0 spiro atoms. The molecule has 1 saturated heterocycles. The van der Waals surface area contributed by atoms with E-state index in [2.05, 4.69) is 60.2 Å². The maximum Gasteiger partial charge on any atom is 0.173 e. The summed E-state index contributed by atoms with van der Waals surface area (Å²) < 4.78 is 0. The molecule has 0 atom stereocenters. The molecular formula is C22H26N4S. The number of para-hydroxylation sites is 1. The molecular weight excluding hydrogens is 352 g/mol. The summed E-state index contributed by atoms with van der Waals surface area (Å²) in [6.45, 7) is 8.30. The van der Waals surface area contributed by atoms with Gasteiger partial charge in [-0.25, -0.2) is 4.98 Å². The van der Waals surface area contributed by atoms with E-state index in [1.807, 2.05) is 12.1 Å². The van der Waals surface area contributed by atoms with E-state index in [4.69, 9.17) is 17.2 Å². The largest absolute Gasteiger partial charge is 0.349 e. The summed E-state index contributed by atoms with van der Waals surface area (Å²) in [5.74, 6) is 1.59. The van der Waals surface area contributed by atoms with Gasteiger partial charge in [0.2, 0.25) is 0 Å². The van der Waals surface area contributed by atoms with Crippen molar-refractivity contribution in [2.75, 3.05) is 18.4 Å². The van der Waals surface area contributed by atoms with E-state index in [1.165, 1.54) is 16.7 Å². The molecule has 0 radical (unpaired) electrons. The number of anilines is 1. The minimum atomic E-state index is 0.468. The van der Waals surface area contributed by atoms with Crippen LogP contribution in [-0.2, 0) is 0 Å². The quantitative estimate of drug-likeness (QED) is 0.612. The number of thiocarbonyl (C=S) groups is 1. The topological polar surface area (TPSA) is 44.0 Å². The summed E-state index contributed by atoms with van der Waals surface area (Å²) in [5.41, 5.74) is 7.12. The van der Waals surface area contributed by atoms with Crippen LogP contribution in [0.2, 0.25) is 0 Å². The summed E-state index contributed by atoms with van der Waals surface area (Å²) in [6, 6.07) is 12.6. The summed E-state index contributed by atoms with van der Waals surface area (Å²) >= 11 is 5.64. The summed E-state index contributed by atoms with van der Waals surface area (Å²) in [6.07, 6.45) is 2.13. The third-order valence-electron chi connectivity index (χ3n) is 5.67. The van der Waals surface area contributed by atoms with E-state index in [9.17, 15) is 0 Å². The number of rotatable bonds is 2. The summed E-state index contributed by atoms with van der Waals surface area (Å²) in [7, 11) is 0. The van der Waals surface area contributed by atoms with Gasteiger partial charge in [-0.1, -0.05) is 18.2 Å². The Hall–Kier alpha value is -2.40. The normalized spacial score (nSPS) is 15.3. The minimum absolute atomic E-state index is 0.468. The highest BCUT2D eigenvalue weighted by molar-refractivity contribution is 7.80. The molecule has 3 aromatic rings. The van der Waals surface area contributed by atoms with Crippen molar-refractivity contribution >= 4 is 34.1 Å². The van der Waals surface area contributed by atoms with Crippen LogP contribution in [0.1, 0.15) is 41.3 Å². The van der Waals surface area contributed by atoms with Crippen LogP contribution in [0, 0.1) is 20.8 Å². The molecule has 1 aromatic heterocycles. The average molecular weight is 379 g/mol. The lowest BCUT2D eigenvalue weighted by atomic mass is 9.96. The van der Waals surface area contributed by atoms with Gasteiger partial charge in [0.1, 0.15) is 5.82 Å². The monoisotopic (exact) mass is 378 g/mol. The van der Waals surface area contributed by atoms with Gasteiger partial charge in [-0.2, -0.15) is 0 Å². The molecule has 0 saturated carbocycles. The first kappa shape index (κ1) is 18.0. The highest BCUT2D eigenvalue weighted by Crippen LogP contribution is 2.29. The van der Waals surface area contributed by atoms with Crippen molar-refractivity contribution in [3.8, 4) is 0 Å². The van der Waals surface area contributed by atoms with Gasteiger partial charge in [0.15, 0.2) is 5.11 Å². The Morgan fingerprint density at radius 1 is 1.07 bits per heavy atom. The number of aromatic nitrogens is 2. The summed E-state index contributed by atoms with van der Waals surface area (Å²) in [5, 5.41) is 4.22. The number of aryl methyl sites for hydroxylation is 3. The van der Waals surface area contributed by atoms with Crippen molar-refractivity contribution in [2.45, 2.75) is 39.5 Å². The molecule has 4 nitrogen and oxygen atoms in total. The van der Waals surface area contributed by atoms with Crippen molar-refractivity contribution in [3.05, 3.63) is 58.9 Å². The van der Waals surface area contributed by atoms with Crippen molar-refractivity contribution < 1.29 is 0 Å². The van der Waals surface area contributed by atoms with Crippen molar-refractivity contribution in [3.63, 3.8) is 0 Å². The van der Waals surface area contributed by atoms with E-state index < -0.39 is 0 Å². The number of benzene rings is 2. The maximum absolute atomic E-state index is 5.64. The lowest BCUT2D eigenvalue weighted by molar-refractivity contribution is 0.311. The fourth-order valence-electron chi connectivity index (χ4n) is 3.75. The molecule has 27 heavy (non-hydrogen) atoms. The second kappa shape index (κ2) is 7.31. The Kier molecular flexibility index (Phi) is 4.87. The van der Waals surface area contributed by atoms with Gasteiger partial charge in [0.25, 0.3) is 0 Å². The Balaban J connectivity index is 1.41. The van der Waals surface area contributed by atoms with Crippen LogP contribution in [0.15, 0.2) is 36.4 Å². The lowest BCUT2D eigenvalue weighted by Gasteiger charge is -2.33. The Bertz CT molecular complexity index is 944. The number of aromatic amines is 1. The number of nitrogens with zero attached hydrogens (tertiary/aromatic N) is 2. The van der Waals surface area contributed by atoms with Crippen LogP contribution in [0.25, 0.3) is 11.0 Å².